The van der Waals surface area contributed by atoms with Gasteiger partial charge in [-0.05, 0) is 38.5 Å². The number of rotatable bonds is 48. The lowest BCUT2D eigenvalue weighted by atomic mass is 9.98. The second-order valence-corrected chi connectivity index (χ2v) is 20.0. The quantitative estimate of drug-likeness (QED) is 0.0215. The second kappa shape index (κ2) is 45.0. The molecule has 0 spiro atoms. The molecule has 0 aromatic rings. The van der Waals surface area contributed by atoms with Gasteiger partial charge in [-0.1, -0.05) is 238 Å². The fourth-order valence-corrected chi connectivity index (χ4v) is 9.20. The molecule has 0 radical (unpaired) electrons. The van der Waals surface area contributed by atoms with E-state index >= 15 is 0 Å². The Morgan fingerprint density at radius 3 is 1.27 bits per heavy atom. The number of nitrogens with one attached hydrogen (secondary N) is 1. The molecule has 11 heteroatoms. The van der Waals surface area contributed by atoms with Gasteiger partial charge < -0.3 is 50.5 Å². The van der Waals surface area contributed by atoms with Crippen LogP contribution in [0.15, 0.2) is 12.2 Å². The molecule has 9 atom stereocenters. The Bertz CT molecular complexity index is 1080. The number of carbonyl (C=O) groups is 1. The van der Waals surface area contributed by atoms with Crippen LogP contribution >= 0.6 is 0 Å². The minimum Gasteiger partial charge on any atom is -0.394 e. The van der Waals surface area contributed by atoms with Crippen molar-refractivity contribution in [2.45, 2.75) is 319 Å². The molecule has 66 heavy (non-hydrogen) atoms. The lowest BCUT2D eigenvalue weighted by molar-refractivity contribution is -0.303. The summed E-state index contributed by atoms with van der Waals surface area (Å²) in [6, 6.07) is -1.17. The summed E-state index contributed by atoms with van der Waals surface area (Å²) < 4.78 is 11.1. The predicted molar refractivity (Wildman–Crippen MR) is 270 cm³/mol. The summed E-state index contributed by atoms with van der Waals surface area (Å²) in [5, 5.41) is 76.1. The molecule has 1 heterocycles. The van der Waals surface area contributed by atoms with E-state index in [1.807, 2.05) is 0 Å². The van der Waals surface area contributed by atoms with Crippen LogP contribution in [-0.4, -0.2) is 110 Å². The third-order valence-corrected chi connectivity index (χ3v) is 13.8. The average molecular weight is 942 g/mol. The van der Waals surface area contributed by atoms with Gasteiger partial charge in [-0.2, -0.15) is 0 Å². The third-order valence-electron chi connectivity index (χ3n) is 13.8. The van der Waals surface area contributed by atoms with E-state index in [1.165, 1.54) is 173 Å². The molecule has 0 aromatic carbocycles. The van der Waals surface area contributed by atoms with Crippen LogP contribution in [0.2, 0.25) is 0 Å². The summed E-state index contributed by atoms with van der Waals surface area (Å²) in [6.07, 6.45) is 39.7. The fraction of sp³-hybridized carbons (Fsp3) is 0.945. The number of aliphatic hydroxyl groups is 7. The molecular formula is C55H107NO10. The highest BCUT2D eigenvalue weighted by Crippen LogP contribution is 2.23. The van der Waals surface area contributed by atoms with Gasteiger partial charge in [-0.3, -0.25) is 4.79 Å². The highest BCUT2D eigenvalue weighted by molar-refractivity contribution is 5.80. The van der Waals surface area contributed by atoms with E-state index in [4.69, 9.17) is 9.47 Å². The van der Waals surface area contributed by atoms with E-state index in [1.54, 1.807) is 0 Å². The lowest BCUT2D eigenvalue weighted by Crippen LogP contribution is -2.60. The minimum absolute atomic E-state index is 0.249. The zero-order chi connectivity index (χ0) is 48.3. The topological polar surface area (TPSA) is 189 Å². The van der Waals surface area contributed by atoms with Crippen molar-refractivity contribution in [3.8, 4) is 0 Å². The zero-order valence-electron chi connectivity index (χ0n) is 42.7. The molecule has 0 saturated carbocycles. The molecule has 9 unspecified atom stereocenters. The molecule has 1 amide bonds. The standard InChI is InChI=1S/C55H107NO10/c1-3-5-7-9-11-13-15-17-19-21-22-23-24-25-27-28-30-32-34-36-38-40-42-47(58)50(60)46(45-65-55-53(63)52(62)51(61)49(44-57)66-55)56-54(64)48(59)43-41-39-37-35-33-31-29-26-20-18-16-14-12-10-8-6-4-2/h29,31,46-53,55,57-63H,3-28,30,32-45H2,1-2H3,(H,56,64)/b31-29-. The van der Waals surface area contributed by atoms with Gasteiger partial charge in [0, 0.05) is 0 Å². The third kappa shape index (κ3) is 33.4. The SMILES string of the molecule is CCCCCCCCCCC/C=C\CCCCCCC(O)C(=O)NC(COC1OC(CO)C(O)C(O)C1O)C(O)C(O)CCCCCCCCCCCCCCCCCCCCCCCC. The number of hydrogen-bond donors (Lipinski definition) is 8. The first-order chi connectivity index (χ1) is 32.2. The van der Waals surface area contributed by atoms with Crippen molar-refractivity contribution < 1.29 is 50.0 Å². The number of aliphatic hydroxyl groups excluding tert-OH is 7. The molecular weight excluding hydrogens is 835 g/mol. The second-order valence-electron chi connectivity index (χ2n) is 20.0. The summed E-state index contributed by atoms with van der Waals surface area (Å²) in [6.45, 7) is 3.48. The largest absolute Gasteiger partial charge is 0.394 e. The number of unbranched alkanes of at least 4 members (excludes halogenated alkanes) is 34. The molecule has 1 aliphatic rings. The number of amides is 1. The maximum atomic E-state index is 13.1. The van der Waals surface area contributed by atoms with Gasteiger partial charge in [0.15, 0.2) is 6.29 Å². The van der Waals surface area contributed by atoms with E-state index < -0.39 is 74.2 Å². The van der Waals surface area contributed by atoms with Crippen molar-refractivity contribution >= 4 is 5.91 Å². The molecule has 1 aliphatic heterocycles. The van der Waals surface area contributed by atoms with Gasteiger partial charge in [0.1, 0.15) is 36.6 Å². The molecule has 392 valence electrons. The van der Waals surface area contributed by atoms with Crippen LogP contribution in [0.1, 0.15) is 264 Å². The van der Waals surface area contributed by atoms with E-state index in [-0.39, 0.29) is 6.42 Å². The fourth-order valence-electron chi connectivity index (χ4n) is 9.20. The van der Waals surface area contributed by atoms with Crippen LogP contribution in [0.3, 0.4) is 0 Å². The Morgan fingerprint density at radius 1 is 0.515 bits per heavy atom. The zero-order valence-corrected chi connectivity index (χ0v) is 42.7. The van der Waals surface area contributed by atoms with Crippen LogP contribution in [0, 0.1) is 0 Å². The van der Waals surface area contributed by atoms with Crippen LogP contribution in [-0.2, 0) is 14.3 Å². The summed E-state index contributed by atoms with van der Waals surface area (Å²) >= 11 is 0. The first kappa shape index (κ1) is 62.9. The van der Waals surface area contributed by atoms with Crippen LogP contribution in [0.25, 0.3) is 0 Å². The Hall–Kier alpha value is -1.15. The highest BCUT2D eigenvalue weighted by atomic mass is 16.7. The van der Waals surface area contributed by atoms with Crippen molar-refractivity contribution in [3.63, 3.8) is 0 Å². The molecule has 1 rings (SSSR count). The van der Waals surface area contributed by atoms with Gasteiger partial charge in [0.25, 0.3) is 0 Å². The van der Waals surface area contributed by atoms with Gasteiger partial charge in [0.05, 0.1) is 25.4 Å². The molecule has 0 aliphatic carbocycles. The van der Waals surface area contributed by atoms with Crippen molar-refractivity contribution in [1.29, 1.82) is 0 Å². The van der Waals surface area contributed by atoms with E-state index in [9.17, 15) is 40.5 Å². The van der Waals surface area contributed by atoms with Crippen LogP contribution in [0.4, 0.5) is 0 Å². The summed E-state index contributed by atoms with van der Waals surface area (Å²) in [7, 11) is 0. The normalized spacial score (nSPS) is 20.8. The van der Waals surface area contributed by atoms with Crippen molar-refractivity contribution in [2.75, 3.05) is 13.2 Å². The first-order valence-corrected chi connectivity index (χ1v) is 28.1. The van der Waals surface area contributed by atoms with Gasteiger partial charge >= 0.3 is 0 Å². The summed E-state index contributed by atoms with van der Waals surface area (Å²) in [5.41, 5.74) is 0. The number of ether oxygens (including phenoxy) is 2. The summed E-state index contributed by atoms with van der Waals surface area (Å²) in [4.78, 5) is 13.1. The van der Waals surface area contributed by atoms with Crippen molar-refractivity contribution in [2.24, 2.45) is 0 Å². The summed E-state index contributed by atoms with van der Waals surface area (Å²) in [5.74, 6) is -0.701. The number of hydrogen-bond acceptors (Lipinski definition) is 10. The Labute approximate surface area is 404 Å². The first-order valence-electron chi connectivity index (χ1n) is 28.1. The van der Waals surface area contributed by atoms with Gasteiger partial charge in [-0.15, -0.1) is 0 Å². The number of allylic oxidation sites excluding steroid dienone is 2. The Morgan fingerprint density at radius 2 is 0.879 bits per heavy atom. The van der Waals surface area contributed by atoms with Gasteiger partial charge in [0.2, 0.25) is 5.91 Å². The maximum absolute atomic E-state index is 13.1. The molecule has 11 nitrogen and oxygen atoms in total. The number of carbonyl (C=O) groups excluding carboxylic acids is 1. The smallest absolute Gasteiger partial charge is 0.249 e. The molecule has 8 N–H and O–H groups in total. The van der Waals surface area contributed by atoms with Gasteiger partial charge in [-0.25, -0.2) is 0 Å². The van der Waals surface area contributed by atoms with E-state index in [0.29, 0.717) is 19.3 Å². The Balaban J connectivity index is 2.33. The Kier molecular flexibility index (Phi) is 42.9. The molecule has 1 saturated heterocycles. The lowest BCUT2D eigenvalue weighted by Gasteiger charge is -2.40. The van der Waals surface area contributed by atoms with Crippen molar-refractivity contribution in [3.05, 3.63) is 12.2 Å². The average Bonchev–Trinajstić information content (AvgIpc) is 3.32. The predicted octanol–water partition coefficient (Wildman–Crippen LogP) is 11.2. The van der Waals surface area contributed by atoms with Crippen molar-refractivity contribution in [1.82, 2.24) is 5.32 Å². The minimum atomic E-state index is -1.66. The molecule has 1 fully saturated rings. The monoisotopic (exact) mass is 942 g/mol. The maximum Gasteiger partial charge on any atom is 0.249 e. The van der Waals surface area contributed by atoms with Crippen LogP contribution < -0.4 is 5.32 Å². The van der Waals surface area contributed by atoms with E-state index in [0.717, 1.165) is 51.4 Å². The highest BCUT2D eigenvalue weighted by Gasteiger charge is 2.44. The molecule has 0 bridgehead atoms. The van der Waals surface area contributed by atoms with E-state index in [2.05, 4.69) is 31.3 Å². The van der Waals surface area contributed by atoms with Crippen LogP contribution in [0.5, 0.6) is 0 Å². The molecule has 0 aromatic heterocycles.